The molecule has 0 saturated carbocycles. The molecule has 3 rings (SSSR count). The highest BCUT2D eigenvalue weighted by molar-refractivity contribution is 6.01. The van der Waals surface area contributed by atoms with Gasteiger partial charge in [-0.15, -0.1) is 0 Å². The van der Waals surface area contributed by atoms with E-state index in [2.05, 4.69) is 5.32 Å². The van der Waals surface area contributed by atoms with Gasteiger partial charge in [-0.05, 0) is 44.2 Å². The summed E-state index contributed by atoms with van der Waals surface area (Å²) in [6.07, 6.45) is 4.43. The molecule has 26 heavy (non-hydrogen) atoms. The van der Waals surface area contributed by atoms with Crippen LogP contribution in [-0.2, 0) is 20.8 Å². The zero-order valence-electron chi connectivity index (χ0n) is 15.4. The first-order valence-electron chi connectivity index (χ1n) is 9.53. The van der Waals surface area contributed by atoms with Crippen LogP contribution < -0.4 is 10.2 Å². The lowest BCUT2D eigenvalue weighted by Gasteiger charge is -2.29. The van der Waals surface area contributed by atoms with Crippen LogP contribution in [0.4, 0.5) is 5.69 Å². The minimum Gasteiger partial charge on any atom is -0.354 e. The molecule has 0 aromatic heterocycles. The van der Waals surface area contributed by atoms with Gasteiger partial charge in [0.25, 0.3) is 0 Å². The van der Waals surface area contributed by atoms with Crippen molar-refractivity contribution in [1.29, 1.82) is 0 Å². The standard InChI is InChI=1S/C20H27N3O3/c1-15(20(26)21-12-6-14-22-13-5-11-18(22)24)23-17-9-3-2-7-16(17)8-4-10-19(23)25/h2-3,7,9,15H,4-6,8,10-14H2,1H3,(H,21,26)/t15-/m1/s1. The maximum Gasteiger partial charge on any atom is 0.242 e. The summed E-state index contributed by atoms with van der Waals surface area (Å²) in [6, 6.07) is 7.27. The average molecular weight is 357 g/mol. The van der Waals surface area contributed by atoms with Crippen molar-refractivity contribution >= 4 is 23.4 Å². The third-order valence-corrected chi connectivity index (χ3v) is 5.20. The fourth-order valence-electron chi connectivity index (χ4n) is 3.75. The Morgan fingerprint density at radius 3 is 2.65 bits per heavy atom. The number of likely N-dealkylation sites (tertiary alicyclic amines) is 1. The van der Waals surface area contributed by atoms with Gasteiger partial charge in [-0.25, -0.2) is 0 Å². The third kappa shape index (κ3) is 4.06. The van der Waals surface area contributed by atoms with E-state index < -0.39 is 6.04 Å². The number of hydrogen-bond acceptors (Lipinski definition) is 3. The predicted molar refractivity (Wildman–Crippen MR) is 99.8 cm³/mol. The number of benzene rings is 1. The second-order valence-corrected chi connectivity index (χ2v) is 7.05. The molecule has 1 saturated heterocycles. The van der Waals surface area contributed by atoms with Crippen molar-refractivity contribution in [2.24, 2.45) is 0 Å². The van der Waals surface area contributed by atoms with Gasteiger partial charge in [0.1, 0.15) is 6.04 Å². The van der Waals surface area contributed by atoms with Gasteiger partial charge in [-0.2, -0.15) is 0 Å². The summed E-state index contributed by atoms with van der Waals surface area (Å²) in [5.74, 6) is 0.0551. The Kier molecular flexibility index (Phi) is 5.91. The molecule has 1 atom stereocenters. The first-order chi connectivity index (χ1) is 12.6. The molecule has 3 amide bonds. The molecular formula is C20H27N3O3. The van der Waals surface area contributed by atoms with Gasteiger partial charge in [0.15, 0.2) is 0 Å². The highest BCUT2D eigenvalue weighted by atomic mass is 16.2. The Balaban J connectivity index is 1.57. The Hall–Kier alpha value is -2.37. The second kappa shape index (κ2) is 8.34. The Labute approximate surface area is 154 Å². The van der Waals surface area contributed by atoms with Gasteiger partial charge in [-0.1, -0.05) is 18.2 Å². The van der Waals surface area contributed by atoms with E-state index in [9.17, 15) is 14.4 Å². The van der Waals surface area contributed by atoms with Crippen LogP contribution in [0.5, 0.6) is 0 Å². The molecular weight excluding hydrogens is 330 g/mol. The summed E-state index contributed by atoms with van der Waals surface area (Å²) < 4.78 is 0. The van der Waals surface area contributed by atoms with Crippen LogP contribution in [0, 0.1) is 0 Å². The number of amides is 3. The minimum absolute atomic E-state index is 0.000244. The summed E-state index contributed by atoms with van der Waals surface area (Å²) in [5, 5.41) is 2.92. The van der Waals surface area contributed by atoms with E-state index in [1.807, 2.05) is 29.2 Å². The van der Waals surface area contributed by atoms with E-state index in [-0.39, 0.29) is 17.7 Å². The first-order valence-corrected chi connectivity index (χ1v) is 9.53. The number of hydrogen-bond donors (Lipinski definition) is 1. The topological polar surface area (TPSA) is 69.7 Å². The van der Waals surface area contributed by atoms with E-state index in [1.165, 1.54) is 0 Å². The number of nitrogens with one attached hydrogen (secondary N) is 1. The van der Waals surface area contributed by atoms with Gasteiger partial charge >= 0.3 is 0 Å². The van der Waals surface area contributed by atoms with E-state index in [1.54, 1.807) is 11.8 Å². The molecule has 0 radical (unpaired) electrons. The number of carbonyl (C=O) groups is 3. The van der Waals surface area contributed by atoms with Crippen molar-refractivity contribution < 1.29 is 14.4 Å². The lowest BCUT2D eigenvalue weighted by molar-refractivity contribution is -0.127. The highest BCUT2D eigenvalue weighted by Crippen LogP contribution is 2.28. The fourth-order valence-corrected chi connectivity index (χ4v) is 3.75. The molecule has 0 bridgehead atoms. The molecule has 0 spiro atoms. The summed E-state index contributed by atoms with van der Waals surface area (Å²) in [6.45, 7) is 3.79. The van der Waals surface area contributed by atoms with E-state index >= 15 is 0 Å². The van der Waals surface area contributed by atoms with Gasteiger partial charge in [0, 0.05) is 38.2 Å². The fraction of sp³-hybridized carbons (Fsp3) is 0.550. The Bertz CT molecular complexity index is 689. The number of fused-ring (bicyclic) bond motifs is 1. The molecule has 6 nitrogen and oxygen atoms in total. The van der Waals surface area contributed by atoms with E-state index in [0.29, 0.717) is 25.9 Å². The second-order valence-electron chi connectivity index (χ2n) is 7.05. The van der Waals surface area contributed by atoms with Crippen molar-refractivity contribution in [2.75, 3.05) is 24.5 Å². The molecule has 0 aliphatic carbocycles. The molecule has 6 heteroatoms. The highest BCUT2D eigenvalue weighted by Gasteiger charge is 2.30. The zero-order chi connectivity index (χ0) is 18.5. The molecule has 1 aromatic carbocycles. The number of para-hydroxylation sites is 1. The van der Waals surface area contributed by atoms with Crippen LogP contribution in [0.1, 0.15) is 44.6 Å². The van der Waals surface area contributed by atoms with Crippen molar-refractivity contribution in [2.45, 2.75) is 51.5 Å². The summed E-state index contributed by atoms with van der Waals surface area (Å²) >= 11 is 0. The molecule has 1 fully saturated rings. The van der Waals surface area contributed by atoms with Crippen molar-refractivity contribution in [3.63, 3.8) is 0 Å². The lowest BCUT2D eigenvalue weighted by Crippen LogP contribution is -2.48. The van der Waals surface area contributed by atoms with Gasteiger partial charge in [-0.3, -0.25) is 19.3 Å². The average Bonchev–Trinajstić information content (AvgIpc) is 2.96. The third-order valence-electron chi connectivity index (χ3n) is 5.20. The lowest BCUT2D eigenvalue weighted by atomic mass is 10.1. The number of carbonyl (C=O) groups excluding carboxylic acids is 3. The zero-order valence-corrected chi connectivity index (χ0v) is 15.4. The van der Waals surface area contributed by atoms with Crippen LogP contribution in [0.15, 0.2) is 24.3 Å². The summed E-state index contributed by atoms with van der Waals surface area (Å²) in [7, 11) is 0. The molecule has 2 heterocycles. The number of nitrogens with zero attached hydrogens (tertiary/aromatic N) is 2. The largest absolute Gasteiger partial charge is 0.354 e. The molecule has 1 aromatic rings. The SMILES string of the molecule is C[C@H](C(=O)NCCCN1CCCC1=O)N1C(=O)CCCc2ccccc21. The summed E-state index contributed by atoms with van der Waals surface area (Å²) in [4.78, 5) is 40.2. The number of rotatable bonds is 6. The van der Waals surface area contributed by atoms with Crippen LogP contribution in [0.3, 0.4) is 0 Å². The van der Waals surface area contributed by atoms with Crippen molar-refractivity contribution in [3.05, 3.63) is 29.8 Å². The quantitative estimate of drug-likeness (QED) is 0.790. The molecule has 2 aliphatic heterocycles. The van der Waals surface area contributed by atoms with Gasteiger partial charge in [0.2, 0.25) is 17.7 Å². The van der Waals surface area contributed by atoms with E-state index in [4.69, 9.17) is 0 Å². The predicted octanol–water partition coefficient (Wildman–Crippen LogP) is 1.87. The Morgan fingerprint density at radius 1 is 1.12 bits per heavy atom. The number of anilines is 1. The monoisotopic (exact) mass is 357 g/mol. The Morgan fingerprint density at radius 2 is 1.88 bits per heavy atom. The normalized spacial score (nSPS) is 18.5. The maximum absolute atomic E-state index is 12.6. The van der Waals surface area contributed by atoms with Crippen LogP contribution >= 0.6 is 0 Å². The first kappa shape index (κ1) is 18.4. The molecule has 1 N–H and O–H groups in total. The van der Waals surface area contributed by atoms with Crippen LogP contribution in [0.2, 0.25) is 0 Å². The van der Waals surface area contributed by atoms with Crippen molar-refractivity contribution in [1.82, 2.24) is 10.2 Å². The summed E-state index contributed by atoms with van der Waals surface area (Å²) in [5.41, 5.74) is 1.96. The molecule has 140 valence electrons. The van der Waals surface area contributed by atoms with Crippen LogP contribution in [0.25, 0.3) is 0 Å². The van der Waals surface area contributed by atoms with Gasteiger partial charge in [0.05, 0.1) is 0 Å². The minimum atomic E-state index is -0.546. The molecule has 2 aliphatic rings. The van der Waals surface area contributed by atoms with Crippen LogP contribution in [-0.4, -0.2) is 48.3 Å². The van der Waals surface area contributed by atoms with Gasteiger partial charge < -0.3 is 10.2 Å². The number of aryl methyl sites for hydroxylation is 1. The van der Waals surface area contributed by atoms with E-state index in [0.717, 1.165) is 43.5 Å². The molecule has 0 unspecified atom stereocenters. The maximum atomic E-state index is 12.6. The smallest absolute Gasteiger partial charge is 0.242 e. The van der Waals surface area contributed by atoms with Crippen molar-refractivity contribution in [3.8, 4) is 0 Å².